The summed E-state index contributed by atoms with van der Waals surface area (Å²) in [6.45, 7) is 6.20. The van der Waals surface area contributed by atoms with Crippen LogP contribution in [0.5, 0.6) is 5.75 Å². The van der Waals surface area contributed by atoms with Gasteiger partial charge >= 0.3 is 5.91 Å². The first-order valence-corrected chi connectivity index (χ1v) is 15.3. The van der Waals surface area contributed by atoms with Crippen LogP contribution in [0.1, 0.15) is 60.5 Å². The summed E-state index contributed by atoms with van der Waals surface area (Å²) in [5.41, 5.74) is 4.45. The molecule has 1 N–H and O–H groups in total. The second-order valence-corrected chi connectivity index (χ2v) is 12.7. The Morgan fingerprint density at radius 1 is 1.07 bits per heavy atom. The van der Waals surface area contributed by atoms with Crippen molar-refractivity contribution in [3.63, 3.8) is 0 Å². The first-order chi connectivity index (χ1) is 19.8. The third kappa shape index (κ3) is 5.27. The average molecular weight is 584 g/mol. The maximum atomic E-state index is 13.6. The number of aromatic nitrogens is 2. The molecule has 1 saturated heterocycles. The van der Waals surface area contributed by atoms with Gasteiger partial charge in [-0.15, -0.1) is 10.2 Å². The van der Waals surface area contributed by atoms with Crippen LogP contribution < -0.4 is 9.64 Å². The van der Waals surface area contributed by atoms with E-state index in [0.717, 1.165) is 22.4 Å². The van der Waals surface area contributed by atoms with Gasteiger partial charge in [-0.1, -0.05) is 91.5 Å². The number of hydrogen-bond donors (Lipinski definition) is 1. The van der Waals surface area contributed by atoms with Gasteiger partial charge in [0.2, 0.25) is 5.13 Å². The Hall–Kier alpha value is -3.95. The Morgan fingerprint density at radius 2 is 1.83 bits per heavy atom. The van der Waals surface area contributed by atoms with Crippen LogP contribution in [0, 0.1) is 0 Å². The van der Waals surface area contributed by atoms with Crippen molar-refractivity contribution in [3.8, 4) is 5.75 Å². The summed E-state index contributed by atoms with van der Waals surface area (Å²) >= 11 is 2.78. The van der Waals surface area contributed by atoms with E-state index < -0.39 is 17.7 Å². The van der Waals surface area contributed by atoms with Crippen LogP contribution in [0.15, 0.2) is 82.7 Å². The fourth-order valence-corrected chi connectivity index (χ4v) is 7.03. The number of carbonyl (C=O) groups excluding carboxylic acids is 2. The largest absolute Gasteiger partial charge is 0.507 e. The molecule has 1 amide bonds. The SMILES string of the molecule is CC(C)c1ccc([C@H]2C(=C(O)c3ccc4c(c3)C[C@@H](C)O4)C(=O)C(=O)N2c2nnc(SCc3ccccc3)s2)cc1. The van der Waals surface area contributed by atoms with Crippen molar-refractivity contribution in [3.05, 3.63) is 106 Å². The standard InChI is InChI=1S/C32H29N3O4S2/c1-18(2)21-9-11-22(12-10-21)27-26(28(36)23-13-14-25-24(16-23)15-19(3)39-25)29(37)30(38)35(27)31-33-34-32(41-31)40-17-20-7-5-4-6-8-20/h4-14,16,18-19,27,36H,15,17H2,1-3H3/t19-,27+/m1/s1. The normalized spacial score (nSPS) is 19.6. The van der Waals surface area contributed by atoms with Crippen LogP contribution in [-0.2, 0) is 21.8 Å². The van der Waals surface area contributed by atoms with Crippen molar-refractivity contribution in [2.24, 2.45) is 0 Å². The van der Waals surface area contributed by atoms with Gasteiger partial charge in [0.25, 0.3) is 5.78 Å². The third-order valence-electron chi connectivity index (χ3n) is 7.34. The minimum atomic E-state index is -0.848. The number of anilines is 1. The number of amides is 1. The van der Waals surface area contributed by atoms with Crippen LogP contribution in [0.25, 0.3) is 5.76 Å². The first-order valence-electron chi connectivity index (χ1n) is 13.5. The summed E-state index contributed by atoms with van der Waals surface area (Å²) in [4.78, 5) is 28.5. The molecule has 0 aliphatic carbocycles. The van der Waals surface area contributed by atoms with E-state index >= 15 is 0 Å². The Kier molecular flexibility index (Phi) is 7.40. The summed E-state index contributed by atoms with van der Waals surface area (Å²) < 4.78 is 6.50. The van der Waals surface area contributed by atoms with E-state index in [1.54, 1.807) is 12.1 Å². The van der Waals surface area contributed by atoms with Gasteiger partial charge in [-0.3, -0.25) is 14.5 Å². The molecule has 0 spiro atoms. The number of ketones is 1. The van der Waals surface area contributed by atoms with Crippen molar-refractivity contribution in [2.45, 2.75) is 55.3 Å². The van der Waals surface area contributed by atoms with Crippen molar-refractivity contribution in [1.82, 2.24) is 10.2 Å². The molecule has 3 heterocycles. The maximum absolute atomic E-state index is 13.6. The number of carbonyl (C=O) groups is 2. The first kappa shape index (κ1) is 27.2. The summed E-state index contributed by atoms with van der Waals surface area (Å²) in [5, 5.41) is 20.5. The quantitative estimate of drug-likeness (QED) is 0.0831. The van der Waals surface area contributed by atoms with E-state index in [4.69, 9.17) is 4.74 Å². The van der Waals surface area contributed by atoms with E-state index in [-0.39, 0.29) is 17.4 Å². The number of aliphatic hydroxyl groups excluding tert-OH is 1. The fraction of sp³-hybridized carbons (Fsp3) is 0.250. The Morgan fingerprint density at radius 3 is 2.56 bits per heavy atom. The van der Waals surface area contributed by atoms with Crippen LogP contribution in [0.2, 0.25) is 0 Å². The Bertz CT molecular complexity index is 1650. The monoisotopic (exact) mass is 583 g/mol. The van der Waals surface area contributed by atoms with E-state index in [1.807, 2.05) is 67.6 Å². The smallest absolute Gasteiger partial charge is 0.301 e. The summed E-state index contributed by atoms with van der Waals surface area (Å²) in [6, 6.07) is 22.4. The maximum Gasteiger partial charge on any atom is 0.301 e. The molecular formula is C32H29N3O4S2. The van der Waals surface area contributed by atoms with Crippen LogP contribution in [0.3, 0.4) is 0 Å². The zero-order chi connectivity index (χ0) is 28.7. The third-order valence-corrected chi connectivity index (χ3v) is 9.47. The van der Waals surface area contributed by atoms with Crippen molar-refractivity contribution < 1.29 is 19.4 Å². The highest BCUT2D eigenvalue weighted by Crippen LogP contribution is 2.44. The van der Waals surface area contributed by atoms with Gasteiger partial charge in [0, 0.05) is 17.7 Å². The van der Waals surface area contributed by atoms with Gasteiger partial charge in [0.15, 0.2) is 4.34 Å². The number of hydrogen-bond acceptors (Lipinski definition) is 8. The second kappa shape index (κ2) is 11.1. The van der Waals surface area contributed by atoms with E-state index in [1.165, 1.54) is 28.0 Å². The second-order valence-electron chi connectivity index (χ2n) is 10.6. The molecule has 41 heavy (non-hydrogen) atoms. The highest BCUT2D eigenvalue weighted by atomic mass is 32.2. The van der Waals surface area contributed by atoms with E-state index in [0.29, 0.717) is 38.7 Å². The lowest BCUT2D eigenvalue weighted by atomic mass is 9.93. The van der Waals surface area contributed by atoms with Gasteiger partial charge in [0.05, 0.1) is 11.6 Å². The lowest BCUT2D eigenvalue weighted by Gasteiger charge is -2.23. The average Bonchev–Trinajstić information content (AvgIpc) is 3.67. The molecule has 1 fully saturated rings. The number of benzene rings is 3. The molecule has 3 aromatic carbocycles. The van der Waals surface area contributed by atoms with Crippen molar-refractivity contribution >= 4 is 45.7 Å². The molecular weight excluding hydrogens is 555 g/mol. The number of Topliss-reactive ketones (excluding diaryl/α,β-unsaturated/α-hetero) is 1. The number of nitrogens with zero attached hydrogens (tertiary/aromatic N) is 3. The Balaban J connectivity index is 1.40. The van der Waals surface area contributed by atoms with Crippen molar-refractivity contribution in [1.29, 1.82) is 0 Å². The van der Waals surface area contributed by atoms with E-state index in [9.17, 15) is 14.7 Å². The molecule has 0 unspecified atom stereocenters. The molecule has 2 aliphatic heterocycles. The molecule has 0 radical (unpaired) electrons. The lowest BCUT2D eigenvalue weighted by molar-refractivity contribution is -0.132. The van der Waals surface area contributed by atoms with Gasteiger partial charge in [-0.05, 0) is 53.3 Å². The predicted octanol–water partition coefficient (Wildman–Crippen LogP) is 6.90. The van der Waals surface area contributed by atoms with Gasteiger partial charge < -0.3 is 9.84 Å². The summed E-state index contributed by atoms with van der Waals surface area (Å²) in [6.07, 6.45) is 0.748. The summed E-state index contributed by atoms with van der Waals surface area (Å²) in [5.74, 6) is 0.0881. The number of fused-ring (bicyclic) bond motifs is 1. The number of rotatable bonds is 7. The van der Waals surface area contributed by atoms with Gasteiger partial charge in [-0.25, -0.2) is 0 Å². The van der Waals surface area contributed by atoms with Crippen molar-refractivity contribution in [2.75, 3.05) is 4.90 Å². The topological polar surface area (TPSA) is 92.6 Å². The van der Waals surface area contributed by atoms with Crippen LogP contribution in [0.4, 0.5) is 5.13 Å². The molecule has 0 bridgehead atoms. The number of ether oxygens (including phenoxy) is 1. The Labute approximate surface area is 246 Å². The molecule has 7 nitrogen and oxygen atoms in total. The molecule has 0 saturated carbocycles. The predicted molar refractivity (Wildman–Crippen MR) is 161 cm³/mol. The molecule has 6 rings (SSSR count). The van der Waals surface area contributed by atoms with E-state index in [2.05, 4.69) is 24.0 Å². The molecule has 9 heteroatoms. The highest BCUT2D eigenvalue weighted by Gasteiger charge is 2.48. The zero-order valence-electron chi connectivity index (χ0n) is 22.9. The van der Waals surface area contributed by atoms with Gasteiger partial charge in [-0.2, -0.15) is 0 Å². The highest BCUT2D eigenvalue weighted by molar-refractivity contribution is 8.00. The lowest BCUT2D eigenvalue weighted by Crippen LogP contribution is -2.29. The molecule has 2 atom stereocenters. The fourth-order valence-electron chi connectivity index (χ4n) is 5.21. The minimum Gasteiger partial charge on any atom is -0.507 e. The molecule has 208 valence electrons. The summed E-state index contributed by atoms with van der Waals surface area (Å²) in [7, 11) is 0. The van der Waals surface area contributed by atoms with Crippen LogP contribution in [-0.4, -0.2) is 33.1 Å². The number of thioether (sulfide) groups is 1. The molecule has 4 aromatic rings. The molecule has 1 aromatic heterocycles. The van der Waals surface area contributed by atoms with Crippen LogP contribution >= 0.6 is 23.1 Å². The number of aliphatic hydroxyl groups is 1. The zero-order valence-corrected chi connectivity index (χ0v) is 24.5. The minimum absolute atomic E-state index is 0.0351. The van der Waals surface area contributed by atoms with Gasteiger partial charge in [0.1, 0.15) is 17.6 Å². The molecule has 2 aliphatic rings.